The number of hydrogen-bond acceptors (Lipinski definition) is 4. The Balaban J connectivity index is 2.55. The van der Waals surface area contributed by atoms with E-state index >= 15 is 0 Å². The fourth-order valence-corrected chi connectivity index (χ4v) is 2.19. The molecule has 1 rings (SSSR count). The molecular weight excluding hydrogens is 196 g/mol. The first-order valence-electron chi connectivity index (χ1n) is 5.08. The van der Waals surface area contributed by atoms with E-state index in [2.05, 4.69) is 4.74 Å². The molecule has 1 saturated carbocycles. The maximum absolute atomic E-state index is 11.4. The minimum absolute atomic E-state index is 0.0860. The maximum Gasteiger partial charge on any atom is 0.309 e. The molecule has 0 N–H and O–H groups in total. The van der Waals surface area contributed by atoms with Gasteiger partial charge in [-0.2, -0.15) is 0 Å². The van der Waals surface area contributed by atoms with Gasteiger partial charge >= 0.3 is 11.9 Å². The third kappa shape index (κ3) is 2.13. The van der Waals surface area contributed by atoms with E-state index in [1.165, 1.54) is 14.2 Å². The molecule has 2 atom stereocenters. The van der Waals surface area contributed by atoms with Crippen LogP contribution in [-0.4, -0.2) is 26.2 Å². The van der Waals surface area contributed by atoms with E-state index in [9.17, 15) is 9.59 Å². The van der Waals surface area contributed by atoms with Crippen molar-refractivity contribution in [3.05, 3.63) is 0 Å². The molecule has 0 aromatic heterocycles. The van der Waals surface area contributed by atoms with E-state index in [0.29, 0.717) is 6.42 Å². The molecule has 0 heterocycles. The van der Waals surface area contributed by atoms with Crippen molar-refractivity contribution in [1.29, 1.82) is 0 Å². The molecule has 1 fully saturated rings. The molecule has 0 aromatic rings. The first-order valence-corrected chi connectivity index (χ1v) is 5.08. The second-order valence-corrected chi connectivity index (χ2v) is 4.61. The second-order valence-electron chi connectivity index (χ2n) is 4.61. The SMILES string of the molecule is COC(=O)CC1C[C@H](C(=O)OC)C1(C)C. The summed E-state index contributed by atoms with van der Waals surface area (Å²) < 4.78 is 9.33. The summed E-state index contributed by atoms with van der Waals surface area (Å²) >= 11 is 0. The Morgan fingerprint density at radius 3 is 2.27 bits per heavy atom. The van der Waals surface area contributed by atoms with Gasteiger partial charge in [0.25, 0.3) is 0 Å². The van der Waals surface area contributed by atoms with Crippen molar-refractivity contribution in [3.63, 3.8) is 0 Å². The number of rotatable bonds is 3. The zero-order valence-electron chi connectivity index (χ0n) is 9.70. The molecule has 0 amide bonds. The number of esters is 2. The Bertz CT molecular complexity index is 270. The molecule has 1 aliphatic rings. The van der Waals surface area contributed by atoms with Gasteiger partial charge in [0.1, 0.15) is 0 Å². The van der Waals surface area contributed by atoms with Crippen molar-refractivity contribution in [3.8, 4) is 0 Å². The van der Waals surface area contributed by atoms with Gasteiger partial charge in [-0.25, -0.2) is 0 Å². The molecule has 15 heavy (non-hydrogen) atoms. The zero-order valence-corrected chi connectivity index (χ0v) is 9.70. The summed E-state index contributed by atoms with van der Waals surface area (Å²) in [4.78, 5) is 22.5. The topological polar surface area (TPSA) is 52.6 Å². The lowest BCUT2D eigenvalue weighted by atomic mass is 9.54. The van der Waals surface area contributed by atoms with Crippen molar-refractivity contribution >= 4 is 11.9 Å². The molecule has 1 aliphatic carbocycles. The third-order valence-corrected chi connectivity index (χ3v) is 3.60. The molecular formula is C11H18O4. The highest BCUT2D eigenvalue weighted by molar-refractivity contribution is 5.76. The van der Waals surface area contributed by atoms with E-state index in [-0.39, 0.29) is 29.2 Å². The van der Waals surface area contributed by atoms with Crippen molar-refractivity contribution in [2.24, 2.45) is 17.3 Å². The zero-order chi connectivity index (χ0) is 11.6. The Kier molecular flexibility index (Phi) is 3.37. The normalized spacial score (nSPS) is 27.7. The largest absolute Gasteiger partial charge is 0.469 e. The van der Waals surface area contributed by atoms with Crippen molar-refractivity contribution in [2.75, 3.05) is 14.2 Å². The van der Waals surface area contributed by atoms with Crippen LogP contribution in [0.3, 0.4) is 0 Å². The van der Waals surface area contributed by atoms with Gasteiger partial charge < -0.3 is 9.47 Å². The molecule has 1 unspecified atom stereocenters. The smallest absolute Gasteiger partial charge is 0.309 e. The van der Waals surface area contributed by atoms with Gasteiger partial charge in [-0.15, -0.1) is 0 Å². The predicted octanol–water partition coefficient (Wildman–Crippen LogP) is 1.38. The minimum atomic E-state index is -0.212. The molecule has 86 valence electrons. The van der Waals surface area contributed by atoms with Crippen LogP contribution < -0.4 is 0 Å². The monoisotopic (exact) mass is 214 g/mol. The molecule has 0 spiro atoms. The van der Waals surface area contributed by atoms with Gasteiger partial charge in [-0.05, 0) is 17.8 Å². The molecule has 0 aromatic carbocycles. The van der Waals surface area contributed by atoms with Crippen LogP contribution in [0, 0.1) is 17.3 Å². The number of hydrogen-bond donors (Lipinski definition) is 0. The van der Waals surface area contributed by atoms with Crippen molar-refractivity contribution in [2.45, 2.75) is 26.7 Å². The third-order valence-electron chi connectivity index (χ3n) is 3.60. The van der Waals surface area contributed by atoms with Gasteiger partial charge in [0.2, 0.25) is 0 Å². The number of carbonyl (C=O) groups is 2. The van der Waals surface area contributed by atoms with E-state index in [1.54, 1.807) is 0 Å². The van der Waals surface area contributed by atoms with E-state index in [1.807, 2.05) is 13.8 Å². The molecule has 4 heteroatoms. The van der Waals surface area contributed by atoms with Crippen LogP contribution in [0.4, 0.5) is 0 Å². The molecule has 4 nitrogen and oxygen atoms in total. The van der Waals surface area contributed by atoms with E-state index < -0.39 is 0 Å². The Morgan fingerprint density at radius 1 is 1.27 bits per heavy atom. The fraction of sp³-hybridized carbons (Fsp3) is 0.818. The number of ether oxygens (including phenoxy) is 2. The first kappa shape index (κ1) is 12.0. The predicted molar refractivity (Wildman–Crippen MR) is 54.0 cm³/mol. The summed E-state index contributed by atoms with van der Waals surface area (Å²) in [5.41, 5.74) is -0.165. The van der Waals surface area contributed by atoms with Gasteiger partial charge in [-0.3, -0.25) is 9.59 Å². The second kappa shape index (κ2) is 4.21. The van der Waals surface area contributed by atoms with Crippen LogP contribution in [-0.2, 0) is 19.1 Å². The standard InChI is InChI=1S/C11H18O4/c1-11(2)7(6-9(12)14-3)5-8(11)10(13)15-4/h7-8H,5-6H2,1-4H3/t7?,8-/m1/s1. The summed E-state index contributed by atoms with van der Waals surface area (Å²) in [5, 5.41) is 0. The maximum atomic E-state index is 11.4. The molecule has 0 bridgehead atoms. The lowest BCUT2D eigenvalue weighted by molar-refractivity contribution is -0.167. The van der Waals surface area contributed by atoms with Crippen molar-refractivity contribution < 1.29 is 19.1 Å². The average Bonchev–Trinajstić information content (AvgIpc) is 2.22. The van der Waals surface area contributed by atoms with Crippen LogP contribution in [0.1, 0.15) is 26.7 Å². The molecule has 0 radical (unpaired) electrons. The van der Waals surface area contributed by atoms with Crippen LogP contribution in [0.2, 0.25) is 0 Å². The van der Waals surface area contributed by atoms with Gasteiger partial charge in [0.05, 0.1) is 20.1 Å². The Morgan fingerprint density at radius 2 is 1.87 bits per heavy atom. The van der Waals surface area contributed by atoms with Gasteiger partial charge in [0.15, 0.2) is 0 Å². The minimum Gasteiger partial charge on any atom is -0.469 e. The quantitative estimate of drug-likeness (QED) is 0.666. The van der Waals surface area contributed by atoms with Crippen LogP contribution in [0.25, 0.3) is 0 Å². The summed E-state index contributed by atoms with van der Waals surface area (Å²) in [6.07, 6.45) is 1.10. The Hall–Kier alpha value is -1.06. The van der Waals surface area contributed by atoms with Crippen LogP contribution in [0.5, 0.6) is 0 Å². The number of carbonyl (C=O) groups excluding carboxylic acids is 2. The molecule has 0 aliphatic heterocycles. The summed E-state index contributed by atoms with van der Waals surface area (Å²) in [5.74, 6) is -0.260. The highest BCUT2D eigenvalue weighted by atomic mass is 16.5. The van der Waals surface area contributed by atoms with Gasteiger partial charge in [-0.1, -0.05) is 13.8 Å². The lowest BCUT2D eigenvalue weighted by Gasteiger charge is -2.50. The van der Waals surface area contributed by atoms with E-state index in [4.69, 9.17) is 4.74 Å². The van der Waals surface area contributed by atoms with Crippen molar-refractivity contribution in [1.82, 2.24) is 0 Å². The van der Waals surface area contributed by atoms with Crippen LogP contribution >= 0.6 is 0 Å². The van der Waals surface area contributed by atoms with E-state index in [0.717, 1.165) is 6.42 Å². The molecule has 0 saturated heterocycles. The van der Waals surface area contributed by atoms with Gasteiger partial charge in [0, 0.05) is 6.42 Å². The fourth-order valence-electron chi connectivity index (χ4n) is 2.19. The van der Waals surface area contributed by atoms with Crippen LogP contribution in [0.15, 0.2) is 0 Å². The summed E-state index contributed by atoms with van der Waals surface area (Å²) in [6.45, 7) is 3.98. The average molecular weight is 214 g/mol. The highest BCUT2D eigenvalue weighted by Gasteiger charge is 2.52. The number of methoxy groups -OCH3 is 2. The summed E-state index contributed by atoms with van der Waals surface area (Å²) in [6, 6.07) is 0. The highest BCUT2D eigenvalue weighted by Crippen LogP contribution is 2.53. The lowest BCUT2D eigenvalue weighted by Crippen LogP contribution is -2.49. The summed E-state index contributed by atoms with van der Waals surface area (Å²) in [7, 11) is 2.78. The Labute approximate surface area is 89.9 Å². The first-order chi connectivity index (χ1) is 6.93.